The van der Waals surface area contributed by atoms with E-state index < -0.39 is 0 Å². The van der Waals surface area contributed by atoms with E-state index in [1.807, 2.05) is 12.1 Å². The van der Waals surface area contributed by atoms with Crippen molar-refractivity contribution < 1.29 is 9.53 Å². The molecule has 0 aliphatic heterocycles. The average molecular weight is 299 g/mol. The van der Waals surface area contributed by atoms with Crippen LogP contribution in [0.25, 0.3) is 0 Å². The molecule has 4 heteroatoms. The second-order valence-corrected chi connectivity index (χ2v) is 6.52. The largest absolute Gasteiger partial charge is 0.497 e. The van der Waals surface area contributed by atoms with Crippen molar-refractivity contribution in [2.24, 2.45) is 0 Å². The van der Waals surface area contributed by atoms with E-state index in [1.54, 1.807) is 18.9 Å². The molecule has 0 amide bonds. The summed E-state index contributed by atoms with van der Waals surface area (Å²) >= 11 is 7.16. The molecule has 0 aromatic heterocycles. The third kappa shape index (κ3) is 4.15. The van der Waals surface area contributed by atoms with Gasteiger partial charge in [-0.05, 0) is 48.1 Å². The van der Waals surface area contributed by atoms with Crippen LogP contribution in [-0.2, 0) is 4.79 Å². The fraction of sp³-hybridized carbons (Fsp3) is 0.533. The van der Waals surface area contributed by atoms with Crippen molar-refractivity contribution in [3.05, 3.63) is 29.8 Å². The van der Waals surface area contributed by atoms with Gasteiger partial charge in [-0.1, -0.05) is 25.0 Å². The molecular weight excluding hydrogens is 280 g/mol. The topological polar surface area (TPSA) is 26.3 Å². The summed E-state index contributed by atoms with van der Waals surface area (Å²) < 4.78 is 5.30. The summed E-state index contributed by atoms with van der Waals surface area (Å²) in [6.07, 6.45) is 4.85. The summed E-state index contributed by atoms with van der Waals surface area (Å²) in [5, 5.41) is 0.239. The predicted octanol–water partition coefficient (Wildman–Crippen LogP) is 4.22. The van der Waals surface area contributed by atoms with Gasteiger partial charge in [0.25, 0.3) is 0 Å². The van der Waals surface area contributed by atoms with Gasteiger partial charge >= 0.3 is 0 Å². The Morgan fingerprint density at radius 1 is 1.42 bits per heavy atom. The van der Waals surface area contributed by atoms with E-state index in [0.29, 0.717) is 16.9 Å². The molecule has 1 aromatic carbocycles. The molecule has 1 aliphatic carbocycles. The molecule has 104 valence electrons. The molecule has 2 unspecified atom stereocenters. The van der Waals surface area contributed by atoms with Gasteiger partial charge in [0.1, 0.15) is 5.75 Å². The van der Waals surface area contributed by atoms with Crippen LogP contribution in [0.3, 0.4) is 0 Å². The minimum Gasteiger partial charge on any atom is -0.497 e. The highest BCUT2D eigenvalue weighted by atomic mass is 35.5. The first-order chi connectivity index (χ1) is 9.20. The minimum absolute atomic E-state index is 0.250. The van der Waals surface area contributed by atoms with Crippen LogP contribution in [0.2, 0.25) is 0 Å². The second-order valence-electron chi connectivity index (χ2n) is 4.87. The normalized spacial score (nSPS) is 23.1. The predicted molar refractivity (Wildman–Crippen MR) is 81.3 cm³/mol. The summed E-state index contributed by atoms with van der Waals surface area (Å²) in [5.74, 6) is 1.82. The van der Waals surface area contributed by atoms with Gasteiger partial charge in [0.05, 0.1) is 12.9 Å². The number of rotatable bonds is 5. The quantitative estimate of drug-likeness (QED) is 0.761. The summed E-state index contributed by atoms with van der Waals surface area (Å²) in [4.78, 5) is 11.0. The van der Waals surface area contributed by atoms with E-state index in [1.165, 1.54) is 24.8 Å². The van der Waals surface area contributed by atoms with E-state index in [0.717, 1.165) is 12.2 Å². The van der Waals surface area contributed by atoms with Crippen LogP contribution in [0, 0.1) is 0 Å². The maximum atomic E-state index is 11.0. The number of hydrogen-bond acceptors (Lipinski definition) is 3. The zero-order chi connectivity index (χ0) is 13.7. The highest BCUT2D eigenvalue weighted by Crippen LogP contribution is 2.40. The summed E-state index contributed by atoms with van der Waals surface area (Å²) in [6.45, 7) is 0. The van der Waals surface area contributed by atoms with E-state index >= 15 is 0 Å². The molecular formula is C15H19ClO2S. The number of hydrogen-bond donors (Lipinski definition) is 0. The van der Waals surface area contributed by atoms with Gasteiger partial charge < -0.3 is 4.74 Å². The Morgan fingerprint density at radius 3 is 2.95 bits per heavy atom. The molecule has 2 rings (SSSR count). The summed E-state index contributed by atoms with van der Waals surface area (Å²) in [7, 11) is 1.69. The molecule has 0 radical (unpaired) electrons. The molecule has 1 fully saturated rings. The van der Waals surface area contributed by atoms with Crippen LogP contribution in [-0.4, -0.2) is 23.4 Å². The first-order valence-electron chi connectivity index (χ1n) is 6.64. The number of carbonyl (C=O) groups is 1. The third-order valence-electron chi connectivity index (χ3n) is 3.64. The lowest BCUT2D eigenvalue weighted by Crippen LogP contribution is -2.21. The summed E-state index contributed by atoms with van der Waals surface area (Å²) in [6, 6.07) is 8.29. The zero-order valence-corrected chi connectivity index (χ0v) is 12.7. The van der Waals surface area contributed by atoms with E-state index in [-0.39, 0.29) is 5.24 Å². The van der Waals surface area contributed by atoms with Gasteiger partial charge in [-0.15, -0.1) is 11.8 Å². The van der Waals surface area contributed by atoms with Gasteiger partial charge in [-0.25, -0.2) is 0 Å². The molecule has 0 N–H and O–H groups in total. The van der Waals surface area contributed by atoms with Crippen LogP contribution in [0.15, 0.2) is 24.3 Å². The van der Waals surface area contributed by atoms with Crippen LogP contribution >= 0.6 is 23.4 Å². The number of carbonyl (C=O) groups excluding carboxylic acids is 1. The van der Waals surface area contributed by atoms with Crippen molar-refractivity contribution >= 4 is 28.6 Å². The molecule has 0 saturated heterocycles. The first-order valence-corrected chi connectivity index (χ1v) is 8.07. The van der Waals surface area contributed by atoms with Gasteiger partial charge in [0.15, 0.2) is 0 Å². The molecule has 19 heavy (non-hydrogen) atoms. The molecule has 1 saturated carbocycles. The molecule has 2 nitrogen and oxygen atoms in total. The summed E-state index contributed by atoms with van der Waals surface area (Å²) in [5.41, 5.74) is 1.32. The van der Waals surface area contributed by atoms with Gasteiger partial charge in [0.2, 0.25) is 5.24 Å². The lowest BCUT2D eigenvalue weighted by molar-refractivity contribution is -0.109. The molecule has 1 aliphatic rings. The van der Waals surface area contributed by atoms with Crippen molar-refractivity contribution in [2.75, 3.05) is 12.9 Å². The Morgan fingerprint density at radius 2 is 2.21 bits per heavy atom. The monoisotopic (exact) mass is 298 g/mol. The van der Waals surface area contributed by atoms with E-state index in [9.17, 15) is 4.79 Å². The fourth-order valence-electron chi connectivity index (χ4n) is 2.72. The highest BCUT2D eigenvalue weighted by molar-refractivity contribution is 8.00. The molecule has 0 spiro atoms. The van der Waals surface area contributed by atoms with Crippen LogP contribution in [0.5, 0.6) is 5.75 Å². The Hall–Kier alpha value is -0.670. The van der Waals surface area contributed by atoms with Crippen molar-refractivity contribution in [1.29, 1.82) is 0 Å². The number of halogens is 1. The van der Waals surface area contributed by atoms with Crippen LogP contribution < -0.4 is 4.74 Å². The van der Waals surface area contributed by atoms with Crippen LogP contribution in [0.4, 0.5) is 0 Å². The smallest absolute Gasteiger partial charge is 0.231 e. The molecule has 2 atom stereocenters. The Labute approximate surface area is 123 Å². The maximum Gasteiger partial charge on any atom is 0.231 e. The first kappa shape index (κ1) is 14.7. The van der Waals surface area contributed by atoms with Gasteiger partial charge in [0, 0.05) is 5.25 Å². The number of thioether (sulfide) groups is 1. The minimum atomic E-state index is -0.250. The maximum absolute atomic E-state index is 11.0. The van der Waals surface area contributed by atoms with E-state index in [4.69, 9.17) is 16.3 Å². The second kappa shape index (κ2) is 7.20. The van der Waals surface area contributed by atoms with Gasteiger partial charge in [-0.2, -0.15) is 0 Å². The van der Waals surface area contributed by atoms with Gasteiger partial charge in [-0.3, -0.25) is 4.79 Å². The van der Waals surface area contributed by atoms with Crippen molar-refractivity contribution in [2.45, 2.75) is 36.9 Å². The average Bonchev–Trinajstić information content (AvgIpc) is 2.45. The SMILES string of the molecule is COc1cccc(C2CCCCC2SCC(=O)Cl)c1. The number of benzene rings is 1. The standard InChI is InChI=1S/C15H19ClO2S/c1-18-12-6-4-5-11(9-12)13-7-2-3-8-14(13)19-10-15(16)17/h4-6,9,13-14H,2-3,7-8,10H2,1H3. The Balaban J connectivity index is 2.11. The van der Waals surface area contributed by atoms with Crippen molar-refractivity contribution in [1.82, 2.24) is 0 Å². The molecule has 1 aromatic rings. The fourth-order valence-corrected chi connectivity index (χ4v) is 4.12. The Kier molecular flexibility index (Phi) is 5.59. The highest BCUT2D eigenvalue weighted by Gasteiger charge is 2.27. The number of ether oxygens (including phenoxy) is 1. The van der Waals surface area contributed by atoms with Crippen molar-refractivity contribution in [3.63, 3.8) is 0 Å². The molecule has 0 heterocycles. The lowest BCUT2D eigenvalue weighted by Gasteiger charge is -2.31. The van der Waals surface area contributed by atoms with E-state index in [2.05, 4.69) is 12.1 Å². The van der Waals surface area contributed by atoms with Crippen molar-refractivity contribution in [3.8, 4) is 5.75 Å². The molecule has 0 bridgehead atoms. The number of methoxy groups -OCH3 is 1. The zero-order valence-electron chi connectivity index (χ0n) is 11.1. The third-order valence-corrected chi connectivity index (χ3v) is 5.35. The van der Waals surface area contributed by atoms with Crippen LogP contribution in [0.1, 0.15) is 37.2 Å². The Bertz CT molecular complexity index is 436. The lowest BCUT2D eigenvalue weighted by atomic mass is 9.83.